The van der Waals surface area contributed by atoms with Crippen LogP contribution in [0.3, 0.4) is 0 Å². The van der Waals surface area contributed by atoms with E-state index < -0.39 is 11.7 Å². The maximum Gasteiger partial charge on any atom is 0.416 e. The second-order valence-electron chi connectivity index (χ2n) is 5.34. The lowest BCUT2D eigenvalue weighted by Gasteiger charge is -2.06. The molecular formula is C18H15F3N2. The van der Waals surface area contributed by atoms with Crippen molar-refractivity contribution in [1.29, 1.82) is 0 Å². The molecule has 1 N–H and O–H groups in total. The quantitative estimate of drug-likeness (QED) is 0.730. The Morgan fingerprint density at radius 2 is 1.57 bits per heavy atom. The molecule has 0 amide bonds. The fraction of sp³-hybridized carbons (Fsp3) is 0.167. The lowest BCUT2D eigenvalue weighted by atomic mass is 10.1. The third-order valence-electron chi connectivity index (χ3n) is 3.66. The SMILES string of the molecule is FC(F)(F)c1ccc(-c2cc(CCc3ccccc3)[nH]n2)cc1. The molecule has 0 bridgehead atoms. The van der Waals surface area contributed by atoms with Crippen LogP contribution < -0.4 is 0 Å². The molecule has 0 saturated carbocycles. The van der Waals surface area contributed by atoms with Gasteiger partial charge in [0.25, 0.3) is 0 Å². The van der Waals surface area contributed by atoms with E-state index in [9.17, 15) is 13.2 Å². The molecule has 0 aliphatic rings. The molecule has 1 aromatic heterocycles. The molecule has 3 rings (SSSR count). The maximum absolute atomic E-state index is 12.6. The number of alkyl halides is 3. The number of rotatable bonds is 4. The number of aryl methyl sites for hydroxylation is 2. The summed E-state index contributed by atoms with van der Waals surface area (Å²) in [6.07, 6.45) is -2.63. The third kappa shape index (κ3) is 3.80. The van der Waals surface area contributed by atoms with Gasteiger partial charge in [0.05, 0.1) is 11.3 Å². The summed E-state index contributed by atoms with van der Waals surface area (Å²) in [4.78, 5) is 0. The van der Waals surface area contributed by atoms with Gasteiger partial charge in [-0.1, -0.05) is 42.5 Å². The first-order chi connectivity index (χ1) is 11.0. The van der Waals surface area contributed by atoms with E-state index in [-0.39, 0.29) is 0 Å². The molecule has 0 aliphatic heterocycles. The lowest BCUT2D eigenvalue weighted by molar-refractivity contribution is -0.137. The van der Waals surface area contributed by atoms with Gasteiger partial charge in [0.15, 0.2) is 0 Å². The molecule has 0 spiro atoms. The zero-order chi connectivity index (χ0) is 16.3. The molecule has 0 unspecified atom stereocenters. The van der Waals surface area contributed by atoms with E-state index >= 15 is 0 Å². The Balaban J connectivity index is 1.69. The van der Waals surface area contributed by atoms with E-state index in [4.69, 9.17) is 0 Å². The van der Waals surface area contributed by atoms with Crippen LogP contribution in [0.4, 0.5) is 13.2 Å². The van der Waals surface area contributed by atoms with Crippen LogP contribution in [0.15, 0.2) is 60.7 Å². The molecule has 23 heavy (non-hydrogen) atoms. The summed E-state index contributed by atoms with van der Waals surface area (Å²) in [6, 6.07) is 17.0. The fourth-order valence-electron chi connectivity index (χ4n) is 2.39. The van der Waals surface area contributed by atoms with Gasteiger partial charge in [0, 0.05) is 11.3 Å². The predicted molar refractivity (Wildman–Crippen MR) is 82.9 cm³/mol. The smallest absolute Gasteiger partial charge is 0.282 e. The van der Waals surface area contributed by atoms with Crippen LogP contribution >= 0.6 is 0 Å². The Morgan fingerprint density at radius 3 is 2.22 bits per heavy atom. The van der Waals surface area contributed by atoms with Crippen molar-refractivity contribution in [2.24, 2.45) is 0 Å². The number of nitrogens with zero attached hydrogens (tertiary/aromatic N) is 1. The summed E-state index contributed by atoms with van der Waals surface area (Å²) in [5, 5.41) is 7.13. The molecule has 2 nitrogen and oxygen atoms in total. The summed E-state index contributed by atoms with van der Waals surface area (Å²) < 4.78 is 37.7. The molecule has 118 valence electrons. The Morgan fingerprint density at radius 1 is 0.870 bits per heavy atom. The number of aromatic amines is 1. The number of benzene rings is 2. The van der Waals surface area contributed by atoms with E-state index in [2.05, 4.69) is 22.3 Å². The average molecular weight is 316 g/mol. The number of hydrogen-bond donors (Lipinski definition) is 1. The van der Waals surface area contributed by atoms with Crippen molar-refractivity contribution in [1.82, 2.24) is 10.2 Å². The van der Waals surface area contributed by atoms with Gasteiger partial charge >= 0.3 is 6.18 Å². The van der Waals surface area contributed by atoms with Crippen LogP contribution in [-0.2, 0) is 19.0 Å². The monoisotopic (exact) mass is 316 g/mol. The maximum atomic E-state index is 12.6. The largest absolute Gasteiger partial charge is 0.416 e. The molecular weight excluding hydrogens is 301 g/mol. The van der Waals surface area contributed by atoms with Crippen LogP contribution in [0.1, 0.15) is 16.8 Å². The van der Waals surface area contributed by atoms with Crippen molar-refractivity contribution in [2.75, 3.05) is 0 Å². The van der Waals surface area contributed by atoms with Crippen LogP contribution in [-0.4, -0.2) is 10.2 Å². The molecule has 2 aromatic carbocycles. The van der Waals surface area contributed by atoms with Crippen molar-refractivity contribution < 1.29 is 13.2 Å². The minimum absolute atomic E-state index is 0.652. The summed E-state index contributed by atoms with van der Waals surface area (Å²) in [5.41, 5.74) is 2.87. The first-order valence-electron chi connectivity index (χ1n) is 7.28. The third-order valence-corrected chi connectivity index (χ3v) is 3.66. The number of H-pyrrole nitrogens is 1. The Hall–Kier alpha value is -2.56. The van der Waals surface area contributed by atoms with E-state index in [1.807, 2.05) is 24.3 Å². The van der Waals surface area contributed by atoms with Crippen LogP contribution in [0.2, 0.25) is 0 Å². The molecule has 3 aromatic rings. The highest BCUT2D eigenvalue weighted by Gasteiger charge is 2.30. The minimum atomic E-state index is -4.31. The standard InChI is InChI=1S/C18H15F3N2/c19-18(20,21)15-9-7-14(8-10-15)17-12-16(22-23-17)11-6-13-4-2-1-3-5-13/h1-5,7-10,12H,6,11H2,(H,22,23). The number of halogens is 3. The van der Waals surface area contributed by atoms with Crippen molar-refractivity contribution >= 4 is 0 Å². The fourth-order valence-corrected chi connectivity index (χ4v) is 2.39. The molecule has 0 atom stereocenters. The van der Waals surface area contributed by atoms with Gasteiger partial charge in [0.1, 0.15) is 0 Å². The van der Waals surface area contributed by atoms with Gasteiger partial charge < -0.3 is 0 Å². The minimum Gasteiger partial charge on any atom is -0.282 e. The van der Waals surface area contributed by atoms with Gasteiger partial charge in [-0.25, -0.2) is 0 Å². The highest BCUT2D eigenvalue weighted by molar-refractivity contribution is 5.59. The zero-order valence-electron chi connectivity index (χ0n) is 12.3. The number of hydrogen-bond acceptors (Lipinski definition) is 1. The van der Waals surface area contributed by atoms with Crippen LogP contribution in [0.25, 0.3) is 11.3 Å². The summed E-state index contributed by atoms with van der Waals surface area (Å²) in [7, 11) is 0. The Labute approximate surface area is 132 Å². The Bertz CT molecular complexity index is 759. The normalized spacial score (nSPS) is 11.6. The summed E-state index contributed by atoms with van der Waals surface area (Å²) in [5.74, 6) is 0. The summed E-state index contributed by atoms with van der Waals surface area (Å²) >= 11 is 0. The topological polar surface area (TPSA) is 28.7 Å². The van der Waals surface area contributed by atoms with E-state index in [0.29, 0.717) is 11.3 Å². The first kappa shape index (κ1) is 15.3. The van der Waals surface area contributed by atoms with Gasteiger partial charge in [-0.15, -0.1) is 0 Å². The second-order valence-corrected chi connectivity index (χ2v) is 5.34. The van der Waals surface area contributed by atoms with Gasteiger partial charge in [-0.3, -0.25) is 5.10 Å². The predicted octanol–water partition coefficient (Wildman–Crippen LogP) is 4.88. The number of nitrogens with one attached hydrogen (secondary N) is 1. The summed E-state index contributed by atoms with van der Waals surface area (Å²) in [6.45, 7) is 0. The molecule has 5 heteroatoms. The van der Waals surface area contributed by atoms with E-state index in [0.717, 1.165) is 30.7 Å². The van der Waals surface area contributed by atoms with Crippen molar-refractivity contribution in [3.63, 3.8) is 0 Å². The molecule has 0 aliphatic carbocycles. The molecule has 0 saturated heterocycles. The molecule has 0 fully saturated rings. The molecule has 0 radical (unpaired) electrons. The van der Waals surface area contributed by atoms with Crippen LogP contribution in [0.5, 0.6) is 0 Å². The highest BCUT2D eigenvalue weighted by atomic mass is 19.4. The van der Waals surface area contributed by atoms with E-state index in [1.165, 1.54) is 17.7 Å². The molecule has 1 heterocycles. The average Bonchev–Trinajstić information content (AvgIpc) is 3.02. The van der Waals surface area contributed by atoms with Crippen LogP contribution in [0, 0.1) is 0 Å². The van der Waals surface area contributed by atoms with Gasteiger partial charge in [-0.05, 0) is 36.6 Å². The van der Waals surface area contributed by atoms with Gasteiger partial charge in [-0.2, -0.15) is 18.3 Å². The second kappa shape index (κ2) is 6.28. The first-order valence-corrected chi connectivity index (χ1v) is 7.28. The Kier molecular flexibility index (Phi) is 4.19. The number of aromatic nitrogens is 2. The van der Waals surface area contributed by atoms with Gasteiger partial charge in [0.2, 0.25) is 0 Å². The van der Waals surface area contributed by atoms with Crippen molar-refractivity contribution in [2.45, 2.75) is 19.0 Å². The lowest BCUT2D eigenvalue weighted by Crippen LogP contribution is -2.03. The zero-order valence-corrected chi connectivity index (χ0v) is 12.3. The van der Waals surface area contributed by atoms with E-state index in [1.54, 1.807) is 0 Å². The highest BCUT2D eigenvalue weighted by Crippen LogP contribution is 2.30. The van der Waals surface area contributed by atoms with Crippen molar-refractivity contribution in [3.8, 4) is 11.3 Å². The van der Waals surface area contributed by atoms with Crippen molar-refractivity contribution in [3.05, 3.63) is 77.5 Å².